The van der Waals surface area contributed by atoms with Crippen LogP contribution in [0.2, 0.25) is 5.15 Å². The Hall–Kier alpha value is -1.13. The SMILES string of the molecule is O=C(c1cccc(Cl)n1)N1CC(O)(C2CC2)C1. The maximum absolute atomic E-state index is 12.0. The summed E-state index contributed by atoms with van der Waals surface area (Å²) in [5, 5.41) is 10.4. The van der Waals surface area contributed by atoms with Crippen molar-refractivity contribution in [2.75, 3.05) is 13.1 Å². The Bertz CT molecular complexity index is 467. The van der Waals surface area contributed by atoms with Crippen LogP contribution in [0.3, 0.4) is 0 Å². The van der Waals surface area contributed by atoms with Gasteiger partial charge < -0.3 is 10.0 Å². The summed E-state index contributed by atoms with van der Waals surface area (Å²) in [6.07, 6.45) is 2.15. The van der Waals surface area contributed by atoms with Crippen molar-refractivity contribution in [2.45, 2.75) is 18.4 Å². The highest BCUT2D eigenvalue weighted by Crippen LogP contribution is 2.44. The summed E-state index contributed by atoms with van der Waals surface area (Å²) in [5.41, 5.74) is -0.302. The number of rotatable bonds is 2. The standard InChI is InChI=1S/C12H13ClN2O2/c13-10-3-1-2-9(14-10)11(16)15-6-12(17,7-15)8-4-5-8/h1-3,8,17H,4-7H2. The third-order valence-electron chi connectivity index (χ3n) is 3.49. The Morgan fingerprint density at radius 3 is 2.76 bits per heavy atom. The first-order chi connectivity index (χ1) is 8.08. The molecule has 0 atom stereocenters. The summed E-state index contributed by atoms with van der Waals surface area (Å²) in [4.78, 5) is 17.6. The first-order valence-corrected chi connectivity index (χ1v) is 6.10. The number of aliphatic hydroxyl groups is 1. The van der Waals surface area contributed by atoms with Gasteiger partial charge in [-0.1, -0.05) is 17.7 Å². The number of nitrogens with zero attached hydrogens (tertiary/aromatic N) is 2. The molecule has 4 nitrogen and oxygen atoms in total. The maximum atomic E-state index is 12.0. The largest absolute Gasteiger partial charge is 0.386 e. The topological polar surface area (TPSA) is 53.4 Å². The normalized spacial score (nSPS) is 22.1. The highest BCUT2D eigenvalue weighted by atomic mass is 35.5. The molecule has 17 heavy (non-hydrogen) atoms. The average molecular weight is 253 g/mol. The van der Waals surface area contributed by atoms with Gasteiger partial charge in [-0.3, -0.25) is 4.79 Å². The molecule has 1 aromatic heterocycles. The van der Waals surface area contributed by atoms with Crippen LogP contribution < -0.4 is 0 Å². The molecule has 2 fully saturated rings. The molecule has 1 amide bonds. The second kappa shape index (κ2) is 3.68. The van der Waals surface area contributed by atoms with E-state index in [4.69, 9.17) is 11.6 Å². The van der Waals surface area contributed by atoms with Crippen LogP contribution in [0.4, 0.5) is 0 Å². The van der Waals surface area contributed by atoms with Crippen molar-refractivity contribution < 1.29 is 9.90 Å². The monoisotopic (exact) mass is 252 g/mol. The lowest BCUT2D eigenvalue weighted by molar-refractivity contribution is -0.0959. The zero-order valence-electron chi connectivity index (χ0n) is 9.27. The van der Waals surface area contributed by atoms with Crippen LogP contribution >= 0.6 is 11.6 Å². The van der Waals surface area contributed by atoms with Crippen molar-refractivity contribution in [3.8, 4) is 0 Å². The number of carbonyl (C=O) groups excluding carboxylic acids is 1. The molecule has 1 saturated carbocycles. The van der Waals surface area contributed by atoms with Crippen molar-refractivity contribution in [2.24, 2.45) is 5.92 Å². The van der Waals surface area contributed by atoms with Gasteiger partial charge in [0.15, 0.2) is 0 Å². The van der Waals surface area contributed by atoms with Crippen molar-refractivity contribution in [1.29, 1.82) is 0 Å². The number of aromatic nitrogens is 1. The van der Waals surface area contributed by atoms with E-state index in [0.29, 0.717) is 29.9 Å². The van der Waals surface area contributed by atoms with Crippen LogP contribution in [-0.4, -0.2) is 39.6 Å². The zero-order valence-corrected chi connectivity index (χ0v) is 10.0. The van der Waals surface area contributed by atoms with Crippen molar-refractivity contribution >= 4 is 17.5 Å². The van der Waals surface area contributed by atoms with E-state index in [2.05, 4.69) is 4.98 Å². The van der Waals surface area contributed by atoms with Crippen LogP contribution in [0.25, 0.3) is 0 Å². The fourth-order valence-corrected chi connectivity index (χ4v) is 2.49. The maximum Gasteiger partial charge on any atom is 0.272 e. The van der Waals surface area contributed by atoms with E-state index in [1.165, 1.54) is 0 Å². The Labute approximate surface area is 104 Å². The summed E-state index contributed by atoms with van der Waals surface area (Å²) < 4.78 is 0. The molecule has 1 aliphatic heterocycles. The molecule has 0 spiro atoms. The van der Waals surface area contributed by atoms with E-state index < -0.39 is 5.60 Å². The molecular formula is C12H13ClN2O2. The van der Waals surface area contributed by atoms with Crippen molar-refractivity contribution in [3.63, 3.8) is 0 Å². The van der Waals surface area contributed by atoms with Gasteiger partial charge in [0.1, 0.15) is 16.4 Å². The first kappa shape index (κ1) is 11.0. The van der Waals surface area contributed by atoms with Gasteiger partial charge in [-0.25, -0.2) is 4.98 Å². The molecular weight excluding hydrogens is 240 g/mol. The number of amides is 1. The number of likely N-dealkylation sites (tertiary alicyclic amines) is 1. The zero-order chi connectivity index (χ0) is 12.0. The molecule has 1 saturated heterocycles. The second-order valence-electron chi connectivity index (χ2n) is 4.88. The predicted molar refractivity (Wildman–Crippen MR) is 62.8 cm³/mol. The van der Waals surface area contributed by atoms with Gasteiger partial charge in [-0.05, 0) is 30.9 Å². The Morgan fingerprint density at radius 2 is 2.18 bits per heavy atom. The van der Waals surface area contributed by atoms with Gasteiger partial charge in [-0.2, -0.15) is 0 Å². The molecule has 2 aliphatic rings. The predicted octanol–water partition coefficient (Wildman–Crippen LogP) is 1.33. The number of carbonyl (C=O) groups is 1. The lowest BCUT2D eigenvalue weighted by Gasteiger charge is -2.46. The van der Waals surface area contributed by atoms with E-state index in [1.807, 2.05) is 0 Å². The summed E-state index contributed by atoms with van der Waals surface area (Å²) >= 11 is 5.74. The van der Waals surface area contributed by atoms with E-state index in [-0.39, 0.29) is 5.91 Å². The van der Waals surface area contributed by atoms with Crippen molar-refractivity contribution in [3.05, 3.63) is 29.0 Å². The minimum absolute atomic E-state index is 0.155. The van der Waals surface area contributed by atoms with Gasteiger partial charge in [0.2, 0.25) is 0 Å². The molecule has 0 radical (unpaired) electrons. The van der Waals surface area contributed by atoms with Crippen LogP contribution in [-0.2, 0) is 0 Å². The third-order valence-corrected chi connectivity index (χ3v) is 3.70. The number of pyridine rings is 1. The minimum Gasteiger partial charge on any atom is -0.386 e. The van der Waals surface area contributed by atoms with Crippen LogP contribution in [0.15, 0.2) is 18.2 Å². The van der Waals surface area contributed by atoms with Gasteiger partial charge in [-0.15, -0.1) is 0 Å². The third kappa shape index (κ3) is 1.91. The Kier molecular flexibility index (Phi) is 2.38. The number of hydrogen-bond donors (Lipinski definition) is 1. The average Bonchev–Trinajstić information content (AvgIpc) is 3.08. The van der Waals surface area contributed by atoms with Crippen LogP contribution in [0.1, 0.15) is 23.3 Å². The van der Waals surface area contributed by atoms with E-state index in [9.17, 15) is 9.90 Å². The summed E-state index contributed by atoms with van der Waals surface area (Å²) in [6, 6.07) is 4.98. The Morgan fingerprint density at radius 1 is 1.47 bits per heavy atom. The molecule has 3 rings (SSSR count). The van der Waals surface area contributed by atoms with Crippen LogP contribution in [0, 0.1) is 5.92 Å². The quantitative estimate of drug-likeness (QED) is 0.808. The van der Waals surface area contributed by atoms with E-state index in [0.717, 1.165) is 12.8 Å². The highest BCUT2D eigenvalue weighted by Gasteiger charge is 2.53. The lowest BCUT2D eigenvalue weighted by atomic mass is 9.88. The fraction of sp³-hybridized carbons (Fsp3) is 0.500. The van der Waals surface area contributed by atoms with Gasteiger partial charge >= 0.3 is 0 Å². The molecule has 2 heterocycles. The second-order valence-corrected chi connectivity index (χ2v) is 5.27. The number of hydrogen-bond acceptors (Lipinski definition) is 3. The van der Waals surface area contributed by atoms with Gasteiger partial charge in [0.05, 0.1) is 13.1 Å². The summed E-state index contributed by atoms with van der Waals surface area (Å²) in [6.45, 7) is 0.843. The molecule has 90 valence electrons. The molecule has 0 unspecified atom stereocenters. The van der Waals surface area contributed by atoms with Gasteiger partial charge in [0, 0.05) is 0 Å². The van der Waals surface area contributed by atoms with Gasteiger partial charge in [0.25, 0.3) is 5.91 Å². The highest BCUT2D eigenvalue weighted by molar-refractivity contribution is 6.29. The van der Waals surface area contributed by atoms with Crippen LogP contribution in [0.5, 0.6) is 0 Å². The molecule has 5 heteroatoms. The molecule has 0 bridgehead atoms. The fourth-order valence-electron chi connectivity index (χ4n) is 2.33. The van der Waals surface area contributed by atoms with E-state index in [1.54, 1.807) is 23.1 Å². The molecule has 1 aromatic rings. The summed E-state index contributed by atoms with van der Waals surface area (Å²) in [7, 11) is 0. The molecule has 1 aliphatic carbocycles. The lowest BCUT2D eigenvalue weighted by Crippen LogP contribution is -2.64. The molecule has 0 aromatic carbocycles. The first-order valence-electron chi connectivity index (χ1n) is 5.73. The number of β-amino-alcohol motifs (C(OH)–C–C–N with tert-alkyl or cyclic N) is 1. The number of halogens is 1. The smallest absolute Gasteiger partial charge is 0.272 e. The summed E-state index contributed by atoms with van der Waals surface area (Å²) in [5.74, 6) is 0.233. The van der Waals surface area contributed by atoms with E-state index >= 15 is 0 Å². The minimum atomic E-state index is -0.645. The van der Waals surface area contributed by atoms with Crippen molar-refractivity contribution in [1.82, 2.24) is 9.88 Å². The Balaban J connectivity index is 1.69. The molecule has 1 N–H and O–H groups in total.